The smallest absolute Gasteiger partial charge is 0.243 e. The summed E-state index contributed by atoms with van der Waals surface area (Å²) >= 11 is 5.76. The molecule has 1 aromatic rings. The molecule has 0 bridgehead atoms. The Morgan fingerprint density at radius 1 is 1.54 bits per heavy atom. The molecule has 0 aliphatic rings. The van der Waals surface area contributed by atoms with Crippen molar-refractivity contribution in [2.24, 2.45) is 0 Å². The molecule has 0 spiro atoms. The van der Waals surface area contributed by atoms with Gasteiger partial charge in [-0.15, -0.1) is 0 Å². The summed E-state index contributed by atoms with van der Waals surface area (Å²) in [5.74, 6) is -0.125. The molecule has 0 aliphatic carbocycles. The maximum Gasteiger partial charge on any atom is 0.243 e. The van der Waals surface area contributed by atoms with Crippen molar-refractivity contribution in [2.75, 3.05) is 7.05 Å². The van der Waals surface area contributed by atoms with Crippen molar-refractivity contribution in [3.63, 3.8) is 0 Å². The maximum atomic E-state index is 10.8. The average Bonchev–Trinajstić information content (AvgIpc) is 2.14. The van der Waals surface area contributed by atoms with E-state index in [0.717, 1.165) is 5.56 Å². The van der Waals surface area contributed by atoms with Crippen molar-refractivity contribution < 1.29 is 4.79 Å². The van der Waals surface area contributed by atoms with Gasteiger partial charge in [0.15, 0.2) is 0 Å². The topological polar surface area (TPSA) is 29.1 Å². The van der Waals surface area contributed by atoms with Crippen LogP contribution in [0.1, 0.15) is 5.56 Å². The fraction of sp³-hybridized carbons (Fsp3) is 0.100. The Morgan fingerprint density at radius 2 is 2.31 bits per heavy atom. The standard InChI is InChI=1S/C10H10ClNO/c1-12-10(13)6-5-8-3-2-4-9(11)7-8/h2-7H,1H3,(H,12,13)/b6-5+. The minimum atomic E-state index is -0.125. The minimum absolute atomic E-state index is 0.125. The normalized spacial score (nSPS) is 10.3. The van der Waals surface area contributed by atoms with E-state index in [1.54, 1.807) is 25.3 Å². The van der Waals surface area contributed by atoms with Crippen LogP contribution in [0, 0.1) is 0 Å². The number of halogens is 1. The summed E-state index contributed by atoms with van der Waals surface area (Å²) in [5, 5.41) is 3.16. The lowest BCUT2D eigenvalue weighted by atomic mass is 10.2. The summed E-state index contributed by atoms with van der Waals surface area (Å²) in [7, 11) is 1.59. The zero-order valence-electron chi connectivity index (χ0n) is 7.25. The first-order valence-corrected chi connectivity index (χ1v) is 4.25. The predicted octanol–water partition coefficient (Wildman–Crippen LogP) is 2.10. The van der Waals surface area contributed by atoms with Gasteiger partial charge in [0, 0.05) is 18.1 Å². The Labute approximate surface area is 82.2 Å². The summed E-state index contributed by atoms with van der Waals surface area (Å²) in [6, 6.07) is 7.30. The molecule has 0 aliphatic heterocycles. The van der Waals surface area contributed by atoms with Crippen molar-refractivity contribution in [3.05, 3.63) is 40.9 Å². The van der Waals surface area contributed by atoms with E-state index in [1.807, 2.05) is 12.1 Å². The van der Waals surface area contributed by atoms with Crippen LogP contribution in [-0.2, 0) is 4.79 Å². The lowest BCUT2D eigenvalue weighted by Crippen LogP contribution is -2.13. The Morgan fingerprint density at radius 3 is 2.92 bits per heavy atom. The van der Waals surface area contributed by atoms with E-state index in [9.17, 15) is 4.79 Å². The molecule has 0 atom stereocenters. The molecule has 1 amide bonds. The van der Waals surface area contributed by atoms with Crippen LogP contribution in [0.3, 0.4) is 0 Å². The molecular formula is C10H10ClNO. The van der Waals surface area contributed by atoms with Gasteiger partial charge in [0.2, 0.25) is 5.91 Å². The fourth-order valence-electron chi connectivity index (χ4n) is 0.866. The molecule has 2 nitrogen and oxygen atoms in total. The third-order valence-electron chi connectivity index (χ3n) is 1.52. The summed E-state index contributed by atoms with van der Waals surface area (Å²) in [4.78, 5) is 10.8. The Kier molecular flexibility index (Phi) is 3.53. The highest BCUT2D eigenvalue weighted by Crippen LogP contribution is 2.11. The summed E-state index contributed by atoms with van der Waals surface area (Å²) in [6.45, 7) is 0. The van der Waals surface area contributed by atoms with Crippen LogP contribution < -0.4 is 5.32 Å². The second-order valence-electron chi connectivity index (χ2n) is 2.50. The molecule has 13 heavy (non-hydrogen) atoms. The quantitative estimate of drug-likeness (QED) is 0.720. The van der Waals surface area contributed by atoms with Crippen LogP contribution in [0.5, 0.6) is 0 Å². The molecule has 0 unspecified atom stereocenters. The molecule has 0 saturated carbocycles. The van der Waals surface area contributed by atoms with Gasteiger partial charge >= 0.3 is 0 Å². The molecule has 0 heterocycles. The summed E-state index contributed by atoms with van der Waals surface area (Å²) < 4.78 is 0. The van der Waals surface area contributed by atoms with E-state index in [-0.39, 0.29) is 5.91 Å². The van der Waals surface area contributed by atoms with E-state index in [2.05, 4.69) is 5.32 Å². The molecule has 0 aromatic heterocycles. The monoisotopic (exact) mass is 195 g/mol. The molecular weight excluding hydrogens is 186 g/mol. The lowest BCUT2D eigenvalue weighted by molar-refractivity contribution is -0.115. The van der Waals surface area contributed by atoms with Gasteiger partial charge in [0.1, 0.15) is 0 Å². The van der Waals surface area contributed by atoms with Gasteiger partial charge in [-0.3, -0.25) is 4.79 Å². The van der Waals surface area contributed by atoms with Gasteiger partial charge in [0.25, 0.3) is 0 Å². The molecule has 0 saturated heterocycles. The fourth-order valence-corrected chi connectivity index (χ4v) is 1.06. The highest BCUT2D eigenvalue weighted by molar-refractivity contribution is 6.30. The SMILES string of the molecule is CNC(=O)/C=C/c1cccc(Cl)c1. The number of benzene rings is 1. The Bertz CT molecular complexity index is 333. The van der Waals surface area contributed by atoms with Gasteiger partial charge in [-0.25, -0.2) is 0 Å². The first-order valence-electron chi connectivity index (χ1n) is 3.88. The number of nitrogens with one attached hydrogen (secondary N) is 1. The average molecular weight is 196 g/mol. The number of carbonyl (C=O) groups excluding carboxylic acids is 1. The van der Waals surface area contributed by atoms with E-state index in [0.29, 0.717) is 5.02 Å². The largest absolute Gasteiger partial charge is 0.356 e. The van der Waals surface area contributed by atoms with Crippen molar-refractivity contribution in [3.8, 4) is 0 Å². The number of hydrogen-bond acceptors (Lipinski definition) is 1. The molecule has 3 heteroatoms. The van der Waals surface area contributed by atoms with Crippen molar-refractivity contribution in [2.45, 2.75) is 0 Å². The van der Waals surface area contributed by atoms with Crippen LogP contribution in [0.25, 0.3) is 6.08 Å². The number of amides is 1. The van der Waals surface area contributed by atoms with Crippen molar-refractivity contribution in [1.82, 2.24) is 5.32 Å². The van der Waals surface area contributed by atoms with Gasteiger partial charge in [0.05, 0.1) is 0 Å². The predicted molar refractivity (Wildman–Crippen MR) is 54.6 cm³/mol. The number of hydrogen-bond donors (Lipinski definition) is 1. The van der Waals surface area contributed by atoms with Crippen LogP contribution in [-0.4, -0.2) is 13.0 Å². The highest BCUT2D eigenvalue weighted by Gasteiger charge is 1.91. The van der Waals surface area contributed by atoms with Crippen molar-refractivity contribution >= 4 is 23.6 Å². The first-order chi connectivity index (χ1) is 6.22. The van der Waals surface area contributed by atoms with E-state index >= 15 is 0 Å². The number of rotatable bonds is 2. The second-order valence-corrected chi connectivity index (χ2v) is 2.94. The van der Waals surface area contributed by atoms with Crippen LogP contribution in [0.4, 0.5) is 0 Å². The Balaban J connectivity index is 2.74. The zero-order valence-corrected chi connectivity index (χ0v) is 8.01. The van der Waals surface area contributed by atoms with E-state index < -0.39 is 0 Å². The maximum absolute atomic E-state index is 10.8. The first kappa shape index (κ1) is 9.81. The molecule has 1 rings (SSSR count). The van der Waals surface area contributed by atoms with Gasteiger partial charge in [-0.2, -0.15) is 0 Å². The number of likely N-dealkylation sites (N-methyl/N-ethyl adjacent to an activating group) is 1. The summed E-state index contributed by atoms with van der Waals surface area (Å²) in [5.41, 5.74) is 0.913. The molecule has 68 valence electrons. The van der Waals surface area contributed by atoms with Crippen LogP contribution in [0.15, 0.2) is 30.3 Å². The van der Waals surface area contributed by atoms with Gasteiger partial charge in [-0.05, 0) is 23.8 Å². The van der Waals surface area contributed by atoms with E-state index in [1.165, 1.54) is 6.08 Å². The third-order valence-corrected chi connectivity index (χ3v) is 1.76. The minimum Gasteiger partial charge on any atom is -0.356 e. The van der Waals surface area contributed by atoms with Crippen LogP contribution >= 0.6 is 11.6 Å². The number of carbonyl (C=O) groups is 1. The second kappa shape index (κ2) is 4.67. The van der Waals surface area contributed by atoms with Crippen LogP contribution in [0.2, 0.25) is 5.02 Å². The molecule has 0 radical (unpaired) electrons. The molecule has 1 aromatic carbocycles. The highest BCUT2D eigenvalue weighted by atomic mass is 35.5. The lowest BCUT2D eigenvalue weighted by Gasteiger charge is -1.93. The third kappa shape index (κ3) is 3.30. The zero-order chi connectivity index (χ0) is 9.68. The van der Waals surface area contributed by atoms with Gasteiger partial charge in [-0.1, -0.05) is 23.7 Å². The summed E-state index contributed by atoms with van der Waals surface area (Å²) in [6.07, 6.45) is 3.18. The molecule has 1 N–H and O–H groups in total. The van der Waals surface area contributed by atoms with E-state index in [4.69, 9.17) is 11.6 Å². The van der Waals surface area contributed by atoms with Gasteiger partial charge < -0.3 is 5.32 Å². The van der Waals surface area contributed by atoms with Crippen molar-refractivity contribution in [1.29, 1.82) is 0 Å². The molecule has 0 fully saturated rings. The Hall–Kier alpha value is -1.28.